The summed E-state index contributed by atoms with van der Waals surface area (Å²) >= 11 is 0. The summed E-state index contributed by atoms with van der Waals surface area (Å²) in [5, 5.41) is 7.11. The highest BCUT2D eigenvalue weighted by molar-refractivity contribution is 6.04. The van der Waals surface area contributed by atoms with Crippen molar-refractivity contribution in [2.75, 3.05) is 5.32 Å². The molecule has 1 aromatic heterocycles. The van der Waals surface area contributed by atoms with Crippen molar-refractivity contribution in [2.24, 2.45) is 0 Å². The van der Waals surface area contributed by atoms with Crippen LogP contribution in [0.5, 0.6) is 0 Å². The first-order valence-electron chi connectivity index (χ1n) is 6.70. The van der Waals surface area contributed by atoms with Gasteiger partial charge in [-0.2, -0.15) is 5.10 Å². The maximum absolute atomic E-state index is 12.2. The lowest BCUT2D eigenvalue weighted by molar-refractivity contribution is 0.102. The molecule has 0 aliphatic carbocycles. The van der Waals surface area contributed by atoms with E-state index in [1.165, 1.54) is 0 Å². The highest BCUT2D eigenvalue weighted by Gasteiger charge is 2.08. The average molecular weight is 277 g/mol. The Morgan fingerprint density at radius 1 is 1.10 bits per heavy atom. The van der Waals surface area contributed by atoms with Crippen molar-refractivity contribution < 1.29 is 4.79 Å². The summed E-state index contributed by atoms with van der Waals surface area (Å²) in [6, 6.07) is 17.2. The van der Waals surface area contributed by atoms with Gasteiger partial charge < -0.3 is 5.32 Å². The molecule has 0 saturated heterocycles. The lowest BCUT2D eigenvalue weighted by atomic mass is 10.1. The number of carbonyl (C=O) groups is 1. The summed E-state index contributed by atoms with van der Waals surface area (Å²) in [7, 11) is 0. The minimum Gasteiger partial charge on any atom is -0.319 e. The zero-order valence-electron chi connectivity index (χ0n) is 11.7. The number of carbonyl (C=O) groups excluding carboxylic acids is 1. The van der Waals surface area contributed by atoms with Crippen LogP contribution in [-0.4, -0.2) is 15.7 Å². The Labute approximate surface area is 123 Å². The second-order valence-electron chi connectivity index (χ2n) is 4.83. The molecule has 0 bridgehead atoms. The van der Waals surface area contributed by atoms with E-state index < -0.39 is 0 Å². The molecular formula is C17H15N3O. The molecule has 1 heterocycles. The second-order valence-corrected chi connectivity index (χ2v) is 4.83. The normalized spacial score (nSPS) is 10.3. The van der Waals surface area contributed by atoms with Gasteiger partial charge in [-0.1, -0.05) is 35.9 Å². The zero-order valence-corrected chi connectivity index (χ0v) is 11.7. The summed E-state index contributed by atoms with van der Waals surface area (Å²) < 4.78 is 1.73. The minimum atomic E-state index is -0.133. The van der Waals surface area contributed by atoms with E-state index in [0.717, 1.165) is 11.3 Å². The Balaban J connectivity index is 1.77. The molecule has 104 valence electrons. The van der Waals surface area contributed by atoms with Gasteiger partial charge in [0, 0.05) is 5.56 Å². The molecule has 0 atom stereocenters. The number of hydrogen-bond acceptors (Lipinski definition) is 2. The first kappa shape index (κ1) is 13.1. The van der Waals surface area contributed by atoms with E-state index >= 15 is 0 Å². The van der Waals surface area contributed by atoms with E-state index in [9.17, 15) is 4.79 Å². The van der Waals surface area contributed by atoms with E-state index in [1.807, 2.05) is 55.5 Å². The van der Waals surface area contributed by atoms with Crippen LogP contribution in [0.3, 0.4) is 0 Å². The Kier molecular flexibility index (Phi) is 3.51. The SMILES string of the molecule is Cc1cccc(C(=O)Nc2cnn(-c3ccccc3)c2)c1. The fourth-order valence-electron chi connectivity index (χ4n) is 2.10. The van der Waals surface area contributed by atoms with Gasteiger partial charge in [-0.25, -0.2) is 4.68 Å². The first-order chi connectivity index (χ1) is 10.2. The van der Waals surface area contributed by atoms with Gasteiger partial charge in [0.05, 0.1) is 23.8 Å². The second kappa shape index (κ2) is 5.63. The number of nitrogens with zero attached hydrogens (tertiary/aromatic N) is 2. The molecular weight excluding hydrogens is 262 g/mol. The standard InChI is InChI=1S/C17H15N3O/c1-13-6-5-7-14(10-13)17(21)19-15-11-18-20(12-15)16-8-3-2-4-9-16/h2-12H,1H3,(H,19,21). The third-order valence-corrected chi connectivity index (χ3v) is 3.14. The average Bonchev–Trinajstić information content (AvgIpc) is 2.97. The topological polar surface area (TPSA) is 46.9 Å². The van der Waals surface area contributed by atoms with Crippen LogP contribution in [0.4, 0.5) is 5.69 Å². The van der Waals surface area contributed by atoms with Gasteiger partial charge >= 0.3 is 0 Å². The third-order valence-electron chi connectivity index (χ3n) is 3.14. The van der Waals surface area contributed by atoms with E-state index in [4.69, 9.17) is 0 Å². The van der Waals surface area contributed by atoms with Crippen LogP contribution in [0.15, 0.2) is 67.0 Å². The number of hydrogen-bond donors (Lipinski definition) is 1. The fourth-order valence-corrected chi connectivity index (χ4v) is 2.10. The predicted octanol–water partition coefficient (Wildman–Crippen LogP) is 3.43. The van der Waals surface area contributed by atoms with Crippen molar-refractivity contribution in [3.05, 3.63) is 78.1 Å². The molecule has 0 unspecified atom stereocenters. The van der Waals surface area contributed by atoms with Crippen molar-refractivity contribution >= 4 is 11.6 Å². The number of benzene rings is 2. The van der Waals surface area contributed by atoms with Gasteiger partial charge in [0.25, 0.3) is 5.91 Å². The van der Waals surface area contributed by atoms with Crippen LogP contribution in [0.1, 0.15) is 15.9 Å². The minimum absolute atomic E-state index is 0.133. The molecule has 0 saturated carbocycles. The molecule has 4 nitrogen and oxygen atoms in total. The molecule has 0 aliphatic rings. The third kappa shape index (κ3) is 3.00. The summed E-state index contributed by atoms with van der Waals surface area (Å²) in [6.45, 7) is 1.96. The van der Waals surface area contributed by atoms with Crippen LogP contribution in [0.25, 0.3) is 5.69 Å². The van der Waals surface area contributed by atoms with Gasteiger partial charge in [0.1, 0.15) is 0 Å². The Bertz CT molecular complexity index is 762. The molecule has 0 spiro atoms. The first-order valence-corrected chi connectivity index (χ1v) is 6.70. The van der Waals surface area contributed by atoms with Crippen molar-refractivity contribution in [1.82, 2.24) is 9.78 Å². The number of aryl methyl sites for hydroxylation is 1. The van der Waals surface area contributed by atoms with E-state index in [2.05, 4.69) is 10.4 Å². The number of aromatic nitrogens is 2. The van der Waals surface area contributed by atoms with Crippen LogP contribution < -0.4 is 5.32 Å². The molecule has 0 radical (unpaired) electrons. The van der Waals surface area contributed by atoms with Crippen molar-refractivity contribution in [3.8, 4) is 5.69 Å². The number of anilines is 1. The maximum Gasteiger partial charge on any atom is 0.255 e. The molecule has 4 heteroatoms. The van der Waals surface area contributed by atoms with Crippen LogP contribution in [0, 0.1) is 6.92 Å². The Hall–Kier alpha value is -2.88. The largest absolute Gasteiger partial charge is 0.319 e. The smallest absolute Gasteiger partial charge is 0.255 e. The van der Waals surface area contributed by atoms with Crippen molar-refractivity contribution in [1.29, 1.82) is 0 Å². The molecule has 1 N–H and O–H groups in total. The van der Waals surface area contributed by atoms with Crippen molar-refractivity contribution in [3.63, 3.8) is 0 Å². The van der Waals surface area contributed by atoms with E-state index in [1.54, 1.807) is 23.1 Å². The molecule has 2 aromatic carbocycles. The highest BCUT2D eigenvalue weighted by Crippen LogP contribution is 2.13. The van der Waals surface area contributed by atoms with Gasteiger partial charge in [-0.05, 0) is 31.2 Å². The van der Waals surface area contributed by atoms with Crippen LogP contribution in [0.2, 0.25) is 0 Å². The van der Waals surface area contributed by atoms with Gasteiger partial charge in [0.15, 0.2) is 0 Å². The summed E-state index contributed by atoms with van der Waals surface area (Å²) in [4.78, 5) is 12.2. The van der Waals surface area contributed by atoms with Crippen LogP contribution in [-0.2, 0) is 0 Å². The molecule has 0 aliphatic heterocycles. The monoisotopic (exact) mass is 277 g/mol. The van der Waals surface area contributed by atoms with E-state index in [-0.39, 0.29) is 5.91 Å². The summed E-state index contributed by atoms with van der Waals surface area (Å²) in [6.07, 6.45) is 3.43. The van der Waals surface area contributed by atoms with Crippen molar-refractivity contribution in [2.45, 2.75) is 6.92 Å². The molecule has 3 aromatic rings. The van der Waals surface area contributed by atoms with E-state index in [0.29, 0.717) is 11.3 Å². The molecule has 21 heavy (non-hydrogen) atoms. The fraction of sp³-hybridized carbons (Fsp3) is 0.0588. The lowest BCUT2D eigenvalue weighted by Crippen LogP contribution is -2.11. The van der Waals surface area contributed by atoms with Crippen LogP contribution >= 0.6 is 0 Å². The van der Waals surface area contributed by atoms with Gasteiger partial charge in [0.2, 0.25) is 0 Å². The Morgan fingerprint density at radius 3 is 2.67 bits per heavy atom. The van der Waals surface area contributed by atoms with Gasteiger partial charge in [-0.3, -0.25) is 4.79 Å². The quantitative estimate of drug-likeness (QED) is 0.797. The number of amides is 1. The molecule has 0 fully saturated rings. The maximum atomic E-state index is 12.2. The van der Waals surface area contributed by atoms with Gasteiger partial charge in [-0.15, -0.1) is 0 Å². The number of para-hydroxylation sites is 1. The molecule has 1 amide bonds. The number of nitrogens with one attached hydrogen (secondary N) is 1. The zero-order chi connectivity index (χ0) is 14.7. The predicted molar refractivity (Wildman–Crippen MR) is 82.7 cm³/mol. The number of rotatable bonds is 3. The Morgan fingerprint density at radius 2 is 1.90 bits per heavy atom. The summed E-state index contributed by atoms with van der Waals surface area (Å²) in [5.74, 6) is -0.133. The summed E-state index contributed by atoms with van der Waals surface area (Å²) in [5.41, 5.74) is 3.32. The lowest BCUT2D eigenvalue weighted by Gasteiger charge is -2.03. The molecule has 3 rings (SSSR count). The highest BCUT2D eigenvalue weighted by atomic mass is 16.1.